The molecule has 4 heterocycles. The third-order valence-electron chi connectivity index (χ3n) is 3.59. The molecule has 4 aromatic heterocycles. The van der Waals surface area contributed by atoms with E-state index in [0.29, 0.717) is 5.02 Å². The Morgan fingerprint density at radius 3 is 2.92 bits per heavy atom. The lowest BCUT2D eigenvalue weighted by atomic mass is 10.4. The summed E-state index contributed by atoms with van der Waals surface area (Å²) in [6.45, 7) is 2.95. The Morgan fingerprint density at radius 2 is 2.12 bits per heavy atom. The predicted molar refractivity (Wildman–Crippen MR) is 98.8 cm³/mol. The van der Waals surface area contributed by atoms with E-state index in [1.54, 1.807) is 23.1 Å². The van der Waals surface area contributed by atoms with Crippen molar-refractivity contribution in [3.8, 4) is 10.7 Å². The van der Waals surface area contributed by atoms with Gasteiger partial charge in [0.25, 0.3) is 0 Å². The molecule has 24 heavy (non-hydrogen) atoms. The van der Waals surface area contributed by atoms with Gasteiger partial charge in [-0.25, -0.2) is 4.98 Å². The molecular formula is C16H14ClN5S2. The van der Waals surface area contributed by atoms with E-state index in [4.69, 9.17) is 11.6 Å². The number of halogens is 1. The smallest absolute Gasteiger partial charge is 0.191 e. The van der Waals surface area contributed by atoms with E-state index in [1.807, 2.05) is 35.0 Å². The van der Waals surface area contributed by atoms with Crippen LogP contribution in [-0.4, -0.2) is 24.1 Å². The minimum Gasteiger partial charge on any atom is -0.305 e. The normalized spacial score (nSPS) is 11.4. The minimum atomic E-state index is 0.699. The Hall–Kier alpha value is -1.83. The quantitative estimate of drug-likeness (QED) is 0.477. The lowest BCUT2D eigenvalue weighted by molar-refractivity contribution is 0.688. The molecule has 0 unspecified atom stereocenters. The van der Waals surface area contributed by atoms with Gasteiger partial charge < -0.3 is 8.97 Å². The fourth-order valence-electron chi connectivity index (χ4n) is 2.49. The van der Waals surface area contributed by atoms with Crippen molar-refractivity contribution in [1.29, 1.82) is 0 Å². The monoisotopic (exact) mass is 375 g/mol. The summed E-state index contributed by atoms with van der Waals surface area (Å²) < 4.78 is 4.09. The highest BCUT2D eigenvalue weighted by molar-refractivity contribution is 7.98. The van der Waals surface area contributed by atoms with Crippen molar-refractivity contribution >= 4 is 40.3 Å². The molecule has 0 saturated heterocycles. The van der Waals surface area contributed by atoms with E-state index >= 15 is 0 Å². The van der Waals surface area contributed by atoms with Gasteiger partial charge in [0, 0.05) is 24.7 Å². The lowest BCUT2D eigenvalue weighted by Crippen LogP contribution is -1.99. The molecule has 0 aliphatic heterocycles. The van der Waals surface area contributed by atoms with Crippen molar-refractivity contribution < 1.29 is 0 Å². The van der Waals surface area contributed by atoms with Crippen molar-refractivity contribution in [2.75, 3.05) is 0 Å². The van der Waals surface area contributed by atoms with E-state index in [2.05, 4.69) is 38.1 Å². The standard InChI is InChI=1S/C16H14ClN5S2/c1-2-22-15(13-4-3-7-23-13)19-20-16(22)24-10-12-9-21-8-11(17)5-6-14(21)18-12/h3-9H,2,10H2,1H3. The van der Waals surface area contributed by atoms with Crippen LogP contribution in [0.5, 0.6) is 0 Å². The summed E-state index contributed by atoms with van der Waals surface area (Å²) in [5, 5.41) is 12.4. The minimum absolute atomic E-state index is 0.699. The topological polar surface area (TPSA) is 48.0 Å². The van der Waals surface area contributed by atoms with Crippen LogP contribution in [0.2, 0.25) is 5.02 Å². The first kappa shape index (κ1) is 15.7. The second kappa shape index (κ2) is 6.58. The second-order valence-electron chi connectivity index (χ2n) is 5.16. The zero-order chi connectivity index (χ0) is 16.5. The van der Waals surface area contributed by atoms with Gasteiger partial charge in [-0.1, -0.05) is 29.4 Å². The average molecular weight is 376 g/mol. The summed E-state index contributed by atoms with van der Waals surface area (Å²) >= 11 is 9.34. The summed E-state index contributed by atoms with van der Waals surface area (Å²) in [7, 11) is 0. The fraction of sp³-hybridized carbons (Fsp3) is 0.188. The Balaban J connectivity index is 1.57. The second-order valence-corrected chi connectivity index (χ2v) is 7.49. The van der Waals surface area contributed by atoms with Crippen molar-refractivity contribution in [3.05, 3.63) is 52.8 Å². The molecule has 0 aliphatic rings. The molecule has 0 saturated carbocycles. The third-order valence-corrected chi connectivity index (χ3v) is 5.68. The largest absolute Gasteiger partial charge is 0.305 e. The Labute approximate surface area is 152 Å². The number of thioether (sulfide) groups is 1. The van der Waals surface area contributed by atoms with Crippen LogP contribution in [0.15, 0.2) is 47.2 Å². The van der Waals surface area contributed by atoms with E-state index in [0.717, 1.165) is 39.5 Å². The molecule has 0 fully saturated rings. The van der Waals surface area contributed by atoms with Crippen molar-refractivity contribution in [2.24, 2.45) is 0 Å². The fourth-order valence-corrected chi connectivity index (χ4v) is 4.27. The zero-order valence-electron chi connectivity index (χ0n) is 12.9. The van der Waals surface area contributed by atoms with Crippen molar-refractivity contribution in [1.82, 2.24) is 24.1 Å². The molecule has 122 valence electrons. The highest BCUT2D eigenvalue weighted by Gasteiger charge is 2.14. The molecule has 0 amide bonds. The molecule has 0 bridgehead atoms. The number of hydrogen-bond donors (Lipinski definition) is 0. The van der Waals surface area contributed by atoms with Crippen LogP contribution in [0.25, 0.3) is 16.3 Å². The van der Waals surface area contributed by atoms with Gasteiger partial charge in [0.05, 0.1) is 15.6 Å². The summed E-state index contributed by atoms with van der Waals surface area (Å²) in [5.74, 6) is 1.67. The number of nitrogens with zero attached hydrogens (tertiary/aromatic N) is 5. The summed E-state index contributed by atoms with van der Waals surface area (Å²) in [6.07, 6.45) is 3.86. The molecule has 4 rings (SSSR count). The first-order valence-corrected chi connectivity index (χ1v) is 9.72. The Morgan fingerprint density at radius 1 is 1.21 bits per heavy atom. The number of rotatable bonds is 5. The molecule has 0 aromatic carbocycles. The Kier molecular flexibility index (Phi) is 4.30. The summed E-state index contributed by atoms with van der Waals surface area (Å²) in [4.78, 5) is 5.75. The number of aromatic nitrogens is 5. The maximum Gasteiger partial charge on any atom is 0.191 e. The van der Waals surface area contributed by atoms with Crippen LogP contribution in [0, 0.1) is 0 Å². The van der Waals surface area contributed by atoms with Gasteiger partial charge in [-0.3, -0.25) is 0 Å². The van der Waals surface area contributed by atoms with E-state index in [1.165, 1.54) is 0 Å². The zero-order valence-corrected chi connectivity index (χ0v) is 15.3. The molecule has 0 N–H and O–H groups in total. The molecule has 0 aliphatic carbocycles. The van der Waals surface area contributed by atoms with Crippen LogP contribution in [-0.2, 0) is 12.3 Å². The van der Waals surface area contributed by atoms with Crippen molar-refractivity contribution in [2.45, 2.75) is 24.4 Å². The summed E-state index contributed by atoms with van der Waals surface area (Å²) in [6, 6.07) is 7.87. The third kappa shape index (κ3) is 2.94. The average Bonchev–Trinajstić information content (AvgIpc) is 3.30. The first-order chi connectivity index (χ1) is 11.7. The van der Waals surface area contributed by atoms with Crippen molar-refractivity contribution in [3.63, 3.8) is 0 Å². The highest BCUT2D eigenvalue weighted by Crippen LogP contribution is 2.28. The Bertz CT molecular complexity index is 974. The number of pyridine rings is 1. The number of hydrogen-bond acceptors (Lipinski definition) is 5. The number of fused-ring (bicyclic) bond motifs is 1. The van der Waals surface area contributed by atoms with Gasteiger partial charge in [-0.15, -0.1) is 21.5 Å². The highest BCUT2D eigenvalue weighted by atomic mass is 35.5. The predicted octanol–water partition coefficient (Wildman–Crippen LogP) is 4.62. The molecule has 4 aromatic rings. The maximum atomic E-state index is 6.02. The van der Waals surface area contributed by atoms with Gasteiger partial charge in [-0.2, -0.15) is 0 Å². The van der Waals surface area contributed by atoms with E-state index < -0.39 is 0 Å². The van der Waals surface area contributed by atoms with Gasteiger partial charge in [0.2, 0.25) is 0 Å². The van der Waals surface area contributed by atoms with E-state index in [-0.39, 0.29) is 0 Å². The van der Waals surface area contributed by atoms with Gasteiger partial charge in [0.15, 0.2) is 11.0 Å². The van der Waals surface area contributed by atoms with Crippen LogP contribution in [0.4, 0.5) is 0 Å². The lowest BCUT2D eigenvalue weighted by Gasteiger charge is -2.05. The SMILES string of the molecule is CCn1c(SCc2cn3cc(Cl)ccc3n2)nnc1-c1cccs1. The maximum absolute atomic E-state index is 6.02. The molecular weight excluding hydrogens is 362 g/mol. The molecule has 5 nitrogen and oxygen atoms in total. The van der Waals surface area contributed by atoms with Gasteiger partial charge in [-0.05, 0) is 30.5 Å². The van der Waals surface area contributed by atoms with Crippen LogP contribution in [0.3, 0.4) is 0 Å². The first-order valence-electron chi connectivity index (χ1n) is 7.47. The molecule has 8 heteroatoms. The number of imidazole rings is 1. The summed E-state index contributed by atoms with van der Waals surface area (Å²) in [5.41, 5.74) is 1.89. The van der Waals surface area contributed by atoms with E-state index in [9.17, 15) is 0 Å². The van der Waals surface area contributed by atoms with Gasteiger partial charge in [0.1, 0.15) is 5.65 Å². The van der Waals surface area contributed by atoms with Crippen LogP contribution in [0.1, 0.15) is 12.6 Å². The van der Waals surface area contributed by atoms with Gasteiger partial charge >= 0.3 is 0 Å². The molecule has 0 spiro atoms. The van der Waals surface area contributed by atoms with Crippen LogP contribution >= 0.6 is 34.7 Å². The molecule has 0 radical (unpaired) electrons. The number of thiophene rings is 1. The van der Waals surface area contributed by atoms with Crippen LogP contribution < -0.4 is 0 Å². The molecule has 0 atom stereocenters.